The van der Waals surface area contributed by atoms with E-state index in [0.29, 0.717) is 13.1 Å². The molecule has 1 heterocycles. The van der Waals surface area contributed by atoms with Crippen molar-refractivity contribution in [3.8, 4) is 5.75 Å². The highest BCUT2D eigenvalue weighted by Gasteiger charge is 2.33. The fourth-order valence-electron chi connectivity index (χ4n) is 5.22. The highest BCUT2D eigenvalue weighted by atomic mass is 16.6. The van der Waals surface area contributed by atoms with Crippen LogP contribution in [0.25, 0.3) is 10.8 Å². The van der Waals surface area contributed by atoms with Gasteiger partial charge < -0.3 is 14.4 Å². The maximum atomic E-state index is 13.5. The van der Waals surface area contributed by atoms with Crippen molar-refractivity contribution >= 4 is 16.9 Å². The van der Waals surface area contributed by atoms with Crippen LogP contribution in [0.4, 0.5) is 4.79 Å². The molecule has 190 valence electrons. The highest BCUT2D eigenvalue weighted by Crippen LogP contribution is 2.41. The van der Waals surface area contributed by atoms with Crippen molar-refractivity contribution in [1.29, 1.82) is 0 Å². The van der Waals surface area contributed by atoms with Gasteiger partial charge in [-0.25, -0.2) is 4.79 Å². The Labute approximate surface area is 219 Å². The Hall–Kier alpha value is -3.79. The standard InChI is InChI=1S/C33H35NO3/c1-23-11-9-14-25(19-23)30-20-27(36-31-18-8-7-17-29(30)31)22-34(32(35)37-33(2,3)4)21-26-15-10-13-24-12-5-6-16-28(24)26/h5-19,27,30H,20-22H2,1-4H3/t27-,30?/m0/s1. The van der Waals surface area contributed by atoms with Crippen molar-refractivity contribution in [1.82, 2.24) is 4.90 Å². The smallest absolute Gasteiger partial charge is 0.410 e. The predicted octanol–water partition coefficient (Wildman–Crippen LogP) is 7.87. The number of para-hydroxylation sites is 1. The van der Waals surface area contributed by atoms with Gasteiger partial charge in [-0.05, 0) is 62.1 Å². The summed E-state index contributed by atoms with van der Waals surface area (Å²) in [6.45, 7) is 8.73. The van der Waals surface area contributed by atoms with E-state index in [4.69, 9.17) is 9.47 Å². The van der Waals surface area contributed by atoms with Crippen molar-refractivity contribution in [2.24, 2.45) is 0 Å². The van der Waals surface area contributed by atoms with Crippen molar-refractivity contribution in [3.05, 3.63) is 113 Å². The van der Waals surface area contributed by atoms with Gasteiger partial charge in [0, 0.05) is 18.0 Å². The fraction of sp³-hybridized carbons (Fsp3) is 0.303. The van der Waals surface area contributed by atoms with E-state index >= 15 is 0 Å². The van der Waals surface area contributed by atoms with Gasteiger partial charge in [-0.2, -0.15) is 0 Å². The van der Waals surface area contributed by atoms with Crippen LogP contribution >= 0.6 is 0 Å². The number of hydrogen-bond acceptors (Lipinski definition) is 3. The zero-order valence-electron chi connectivity index (χ0n) is 22.1. The molecule has 0 aromatic heterocycles. The van der Waals surface area contributed by atoms with Crippen molar-refractivity contribution in [2.75, 3.05) is 6.54 Å². The van der Waals surface area contributed by atoms with E-state index < -0.39 is 5.60 Å². The Morgan fingerprint density at radius 2 is 1.68 bits per heavy atom. The third-order valence-corrected chi connectivity index (χ3v) is 6.85. The SMILES string of the molecule is Cc1cccc(C2C[C@@H](CN(Cc3cccc4ccccc34)C(=O)OC(C)(C)C)Oc3ccccc32)c1. The number of ether oxygens (including phenoxy) is 2. The van der Waals surface area contributed by atoms with E-state index in [1.807, 2.05) is 51.1 Å². The maximum Gasteiger partial charge on any atom is 0.410 e. The first kappa shape index (κ1) is 24.9. The van der Waals surface area contributed by atoms with Crippen LogP contribution < -0.4 is 4.74 Å². The summed E-state index contributed by atoms with van der Waals surface area (Å²) in [5.74, 6) is 1.09. The zero-order valence-corrected chi connectivity index (χ0v) is 22.1. The van der Waals surface area contributed by atoms with E-state index in [-0.39, 0.29) is 18.1 Å². The van der Waals surface area contributed by atoms with Gasteiger partial charge >= 0.3 is 6.09 Å². The highest BCUT2D eigenvalue weighted by molar-refractivity contribution is 5.86. The van der Waals surface area contributed by atoms with Crippen molar-refractivity contribution < 1.29 is 14.3 Å². The molecule has 1 aliphatic rings. The molecule has 37 heavy (non-hydrogen) atoms. The minimum atomic E-state index is -0.585. The van der Waals surface area contributed by atoms with Gasteiger partial charge in [0.2, 0.25) is 0 Å². The molecule has 2 atom stereocenters. The molecule has 1 aliphatic heterocycles. The molecule has 0 bridgehead atoms. The molecule has 4 heteroatoms. The third-order valence-electron chi connectivity index (χ3n) is 6.85. The Balaban J connectivity index is 1.46. The molecule has 0 radical (unpaired) electrons. The summed E-state index contributed by atoms with van der Waals surface area (Å²) in [6, 6.07) is 31.5. The first-order valence-electron chi connectivity index (χ1n) is 13.0. The summed E-state index contributed by atoms with van der Waals surface area (Å²) in [6.07, 6.45) is 0.299. The van der Waals surface area contributed by atoms with Gasteiger partial charge in [0.05, 0.1) is 6.54 Å². The first-order valence-corrected chi connectivity index (χ1v) is 13.0. The molecule has 4 aromatic rings. The van der Waals surface area contributed by atoms with Crippen LogP contribution in [0.15, 0.2) is 91.0 Å². The molecule has 0 saturated carbocycles. The van der Waals surface area contributed by atoms with Gasteiger partial charge in [-0.3, -0.25) is 0 Å². The van der Waals surface area contributed by atoms with E-state index in [1.54, 1.807) is 4.90 Å². The van der Waals surface area contributed by atoms with Gasteiger partial charge in [0.1, 0.15) is 17.5 Å². The van der Waals surface area contributed by atoms with E-state index in [2.05, 4.69) is 67.6 Å². The van der Waals surface area contributed by atoms with Gasteiger partial charge in [-0.15, -0.1) is 0 Å². The number of benzene rings is 4. The molecule has 4 aromatic carbocycles. The number of carbonyl (C=O) groups is 1. The second kappa shape index (κ2) is 10.3. The van der Waals surface area contributed by atoms with Gasteiger partial charge in [-0.1, -0.05) is 90.5 Å². The molecular weight excluding hydrogens is 458 g/mol. The lowest BCUT2D eigenvalue weighted by molar-refractivity contribution is 0.0129. The lowest BCUT2D eigenvalue weighted by Crippen LogP contribution is -2.43. The molecule has 1 unspecified atom stereocenters. The number of carbonyl (C=O) groups excluding carboxylic acids is 1. The second-order valence-corrected chi connectivity index (χ2v) is 11.0. The Morgan fingerprint density at radius 1 is 0.946 bits per heavy atom. The predicted molar refractivity (Wildman–Crippen MR) is 149 cm³/mol. The lowest BCUT2D eigenvalue weighted by atomic mass is 9.83. The molecule has 0 spiro atoms. The van der Waals surface area contributed by atoms with Crippen LogP contribution in [0, 0.1) is 6.92 Å². The van der Waals surface area contributed by atoms with Crippen LogP contribution in [-0.2, 0) is 11.3 Å². The van der Waals surface area contributed by atoms with Gasteiger partial charge in [0.15, 0.2) is 0 Å². The molecular formula is C33H35NO3. The molecule has 4 nitrogen and oxygen atoms in total. The van der Waals surface area contributed by atoms with Crippen LogP contribution in [-0.4, -0.2) is 29.2 Å². The molecule has 5 rings (SSSR count). The number of nitrogens with zero attached hydrogens (tertiary/aromatic N) is 1. The fourth-order valence-corrected chi connectivity index (χ4v) is 5.22. The number of amides is 1. The summed E-state index contributed by atoms with van der Waals surface area (Å²) in [7, 11) is 0. The Morgan fingerprint density at radius 3 is 2.49 bits per heavy atom. The summed E-state index contributed by atoms with van der Waals surface area (Å²) in [5, 5.41) is 2.30. The monoisotopic (exact) mass is 493 g/mol. The molecule has 1 amide bonds. The largest absolute Gasteiger partial charge is 0.488 e. The zero-order chi connectivity index (χ0) is 26.0. The average Bonchev–Trinajstić information content (AvgIpc) is 2.87. The van der Waals surface area contributed by atoms with E-state index in [9.17, 15) is 4.79 Å². The average molecular weight is 494 g/mol. The summed E-state index contributed by atoms with van der Waals surface area (Å²) >= 11 is 0. The Bertz CT molecular complexity index is 1400. The van der Waals surface area contributed by atoms with Crippen LogP contribution in [0.2, 0.25) is 0 Å². The van der Waals surface area contributed by atoms with Crippen molar-refractivity contribution in [2.45, 2.75) is 58.3 Å². The molecule has 0 fully saturated rings. The third kappa shape index (κ3) is 5.80. The number of hydrogen-bond donors (Lipinski definition) is 0. The number of fused-ring (bicyclic) bond motifs is 2. The topological polar surface area (TPSA) is 38.8 Å². The van der Waals surface area contributed by atoms with E-state index in [0.717, 1.165) is 28.5 Å². The molecule has 0 N–H and O–H groups in total. The van der Waals surface area contributed by atoms with Crippen LogP contribution in [0.5, 0.6) is 5.75 Å². The van der Waals surface area contributed by atoms with E-state index in [1.165, 1.54) is 16.7 Å². The lowest BCUT2D eigenvalue weighted by Gasteiger charge is -2.36. The first-order chi connectivity index (χ1) is 17.8. The normalized spacial score (nSPS) is 17.1. The van der Waals surface area contributed by atoms with Crippen LogP contribution in [0.3, 0.4) is 0 Å². The molecule has 0 aliphatic carbocycles. The summed E-state index contributed by atoms with van der Waals surface area (Å²) < 4.78 is 12.4. The number of aryl methyl sites for hydroxylation is 1. The van der Waals surface area contributed by atoms with Gasteiger partial charge in [0.25, 0.3) is 0 Å². The summed E-state index contributed by atoms with van der Waals surface area (Å²) in [4.78, 5) is 15.3. The Kier molecular flexibility index (Phi) is 6.92. The maximum absolute atomic E-state index is 13.5. The summed E-state index contributed by atoms with van der Waals surface area (Å²) in [5.41, 5.74) is 4.22. The van der Waals surface area contributed by atoms with Crippen molar-refractivity contribution in [3.63, 3.8) is 0 Å². The van der Waals surface area contributed by atoms with Crippen LogP contribution in [0.1, 0.15) is 55.4 Å². The quantitative estimate of drug-likeness (QED) is 0.284. The minimum Gasteiger partial charge on any atom is -0.488 e. The minimum absolute atomic E-state index is 0.164. The molecule has 0 saturated heterocycles. The second-order valence-electron chi connectivity index (χ2n) is 11.0. The number of rotatable bonds is 5.